The van der Waals surface area contributed by atoms with E-state index < -0.39 is 24.2 Å². The molecule has 0 radical (unpaired) electrons. The number of alkyl halides is 3. The highest BCUT2D eigenvalue weighted by Gasteiger charge is 2.33. The highest BCUT2D eigenvalue weighted by atomic mass is 19.4. The van der Waals surface area contributed by atoms with Crippen LogP contribution >= 0.6 is 0 Å². The summed E-state index contributed by atoms with van der Waals surface area (Å²) in [6.07, 6.45) is -3.24. The zero-order chi connectivity index (χ0) is 27.4. The van der Waals surface area contributed by atoms with Crippen LogP contribution in [0.15, 0.2) is 42.6 Å². The van der Waals surface area contributed by atoms with Gasteiger partial charge in [0.25, 0.3) is 0 Å². The number of benzene rings is 1. The summed E-state index contributed by atoms with van der Waals surface area (Å²) in [7, 11) is 0. The predicted octanol–water partition coefficient (Wildman–Crippen LogP) is 4.16. The van der Waals surface area contributed by atoms with Gasteiger partial charge in [-0.25, -0.2) is 0 Å². The molecule has 0 unspecified atom stereocenters. The molecule has 1 amide bonds. The lowest BCUT2D eigenvalue weighted by molar-refractivity contribution is -0.153. The van der Waals surface area contributed by atoms with E-state index in [1.54, 1.807) is 13.8 Å². The smallest absolute Gasteiger partial charge is 0.422 e. The molecule has 1 aromatic carbocycles. The number of amides is 1. The first kappa shape index (κ1) is 28.1. The lowest BCUT2D eigenvalue weighted by atomic mass is 9.86. The van der Waals surface area contributed by atoms with E-state index in [2.05, 4.69) is 46.5 Å². The van der Waals surface area contributed by atoms with Gasteiger partial charge in [-0.2, -0.15) is 28.6 Å². The number of halogens is 3. The van der Waals surface area contributed by atoms with Gasteiger partial charge in [-0.15, -0.1) is 0 Å². The van der Waals surface area contributed by atoms with Gasteiger partial charge >= 0.3 is 6.18 Å². The van der Waals surface area contributed by atoms with Crippen LogP contribution in [0.5, 0.6) is 5.75 Å². The summed E-state index contributed by atoms with van der Waals surface area (Å²) >= 11 is 0. The molecule has 0 spiro atoms. The fraction of sp³-hybridized carbons (Fsp3) is 0.462. The average molecular weight is 520 g/mol. The number of hydrogen-bond donors (Lipinski definition) is 3. The SMILES string of the molecule is CC(C)(C)c1ccc(CC(=O)N[C@@H](c2ccc(OCC(F)(F)F)cn2)c2n[nH]nc2C(C)(C)CO)cc1. The highest BCUT2D eigenvalue weighted by Crippen LogP contribution is 2.30. The third-order valence-corrected chi connectivity index (χ3v) is 5.83. The maximum absolute atomic E-state index is 13.1. The third-order valence-electron chi connectivity index (χ3n) is 5.83. The van der Waals surface area contributed by atoms with Gasteiger partial charge in [0.1, 0.15) is 17.5 Å². The van der Waals surface area contributed by atoms with Gasteiger partial charge in [0.15, 0.2) is 6.61 Å². The molecule has 3 aromatic rings. The molecule has 0 saturated carbocycles. The monoisotopic (exact) mass is 519 g/mol. The highest BCUT2D eigenvalue weighted by molar-refractivity contribution is 5.79. The van der Waals surface area contributed by atoms with Crippen molar-refractivity contribution in [1.82, 2.24) is 25.7 Å². The van der Waals surface area contributed by atoms with E-state index in [0.29, 0.717) is 17.1 Å². The van der Waals surface area contributed by atoms with Crippen LogP contribution in [0.4, 0.5) is 13.2 Å². The third kappa shape index (κ3) is 7.51. The maximum Gasteiger partial charge on any atom is 0.422 e. The van der Waals surface area contributed by atoms with E-state index in [-0.39, 0.29) is 30.1 Å². The number of nitrogens with one attached hydrogen (secondary N) is 2. The van der Waals surface area contributed by atoms with Crippen LogP contribution in [-0.4, -0.2) is 50.8 Å². The van der Waals surface area contributed by atoms with E-state index in [0.717, 1.165) is 17.3 Å². The molecule has 0 aliphatic heterocycles. The molecule has 200 valence electrons. The van der Waals surface area contributed by atoms with Gasteiger partial charge in [-0.05, 0) is 28.7 Å². The Bertz CT molecular complexity index is 1180. The molecule has 0 bridgehead atoms. The van der Waals surface area contributed by atoms with E-state index in [9.17, 15) is 23.1 Å². The van der Waals surface area contributed by atoms with Crippen molar-refractivity contribution in [3.8, 4) is 5.75 Å². The normalized spacial score (nSPS) is 13.3. The van der Waals surface area contributed by atoms with E-state index in [1.165, 1.54) is 12.1 Å². The summed E-state index contributed by atoms with van der Waals surface area (Å²) in [5, 5.41) is 23.7. The van der Waals surface area contributed by atoms with Crippen LogP contribution in [0, 0.1) is 0 Å². The van der Waals surface area contributed by atoms with E-state index >= 15 is 0 Å². The summed E-state index contributed by atoms with van der Waals surface area (Å²) in [6.45, 7) is 8.18. The van der Waals surface area contributed by atoms with E-state index in [1.807, 2.05) is 24.3 Å². The molecular weight excluding hydrogens is 487 g/mol. The molecule has 11 heteroatoms. The van der Waals surface area contributed by atoms with Gasteiger partial charge in [0.05, 0.1) is 30.6 Å². The number of aliphatic hydroxyl groups is 1. The fourth-order valence-electron chi connectivity index (χ4n) is 3.63. The number of carbonyl (C=O) groups excluding carboxylic acids is 1. The zero-order valence-electron chi connectivity index (χ0n) is 21.5. The maximum atomic E-state index is 13.1. The lowest BCUT2D eigenvalue weighted by Gasteiger charge is -2.24. The first-order valence-electron chi connectivity index (χ1n) is 11.8. The fourth-order valence-corrected chi connectivity index (χ4v) is 3.63. The molecule has 8 nitrogen and oxygen atoms in total. The molecule has 0 fully saturated rings. The van der Waals surface area contributed by atoms with Crippen molar-refractivity contribution in [3.63, 3.8) is 0 Å². The molecule has 2 heterocycles. The Morgan fingerprint density at radius 3 is 2.27 bits per heavy atom. The number of hydrogen-bond acceptors (Lipinski definition) is 6. The van der Waals surface area contributed by atoms with Crippen molar-refractivity contribution in [3.05, 3.63) is 70.8 Å². The number of aliphatic hydroxyl groups excluding tert-OH is 1. The van der Waals surface area contributed by atoms with Crippen LogP contribution in [0.2, 0.25) is 0 Å². The molecule has 3 N–H and O–H groups in total. The van der Waals surface area contributed by atoms with Gasteiger partial charge in [-0.3, -0.25) is 9.78 Å². The van der Waals surface area contributed by atoms with Crippen LogP contribution < -0.4 is 10.1 Å². The number of aromatic amines is 1. The van der Waals surface area contributed by atoms with Gasteiger partial charge in [-0.1, -0.05) is 58.9 Å². The second kappa shape index (κ2) is 10.9. The number of carbonyl (C=O) groups is 1. The summed E-state index contributed by atoms with van der Waals surface area (Å²) in [6, 6.07) is 9.70. The van der Waals surface area contributed by atoms with Crippen molar-refractivity contribution < 1.29 is 27.8 Å². The second-order valence-electron chi connectivity index (χ2n) is 10.5. The van der Waals surface area contributed by atoms with Gasteiger partial charge in [0, 0.05) is 5.41 Å². The minimum Gasteiger partial charge on any atom is -0.483 e. The molecule has 0 aliphatic rings. The molecule has 2 aromatic heterocycles. The number of aromatic nitrogens is 4. The first-order valence-corrected chi connectivity index (χ1v) is 11.8. The Morgan fingerprint density at radius 1 is 1.05 bits per heavy atom. The Labute approximate surface area is 213 Å². The Balaban J connectivity index is 1.87. The second-order valence-corrected chi connectivity index (χ2v) is 10.5. The largest absolute Gasteiger partial charge is 0.483 e. The summed E-state index contributed by atoms with van der Waals surface area (Å²) in [5.41, 5.74) is 2.23. The lowest BCUT2D eigenvalue weighted by Crippen LogP contribution is -2.34. The minimum absolute atomic E-state index is 0.0175. The Kier molecular flexibility index (Phi) is 8.26. The molecule has 0 saturated heterocycles. The van der Waals surface area contributed by atoms with Crippen LogP contribution in [0.1, 0.15) is 68.9 Å². The molecule has 1 atom stereocenters. The predicted molar refractivity (Wildman–Crippen MR) is 131 cm³/mol. The summed E-state index contributed by atoms with van der Waals surface area (Å²) in [4.78, 5) is 17.3. The van der Waals surface area contributed by atoms with Crippen LogP contribution in [0.3, 0.4) is 0 Å². The van der Waals surface area contributed by atoms with Crippen molar-refractivity contribution in [2.24, 2.45) is 0 Å². The summed E-state index contributed by atoms with van der Waals surface area (Å²) in [5.74, 6) is -0.385. The van der Waals surface area contributed by atoms with Crippen molar-refractivity contribution >= 4 is 5.91 Å². The number of rotatable bonds is 9. The van der Waals surface area contributed by atoms with Gasteiger partial charge < -0.3 is 15.2 Å². The minimum atomic E-state index is -4.48. The zero-order valence-corrected chi connectivity index (χ0v) is 21.5. The standard InChI is InChI=1S/C26H32F3N5O3/c1-24(2,3)17-8-6-16(7-9-17)12-20(36)31-21(22-23(33-34-32-22)25(4,5)14-35)19-11-10-18(13-30-19)37-15-26(27,28)29/h6-11,13,21,35H,12,14-15H2,1-5H3,(H,31,36)(H,32,33,34)/t21-/m0/s1. The molecule has 0 aliphatic carbocycles. The molecule has 37 heavy (non-hydrogen) atoms. The number of ether oxygens (including phenoxy) is 1. The Morgan fingerprint density at radius 2 is 1.73 bits per heavy atom. The van der Waals surface area contributed by atoms with E-state index in [4.69, 9.17) is 4.74 Å². The Hall–Kier alpha value is -3.47. The number of pyridine rings is 1. The molecular formula is C26H32F3N5O3. The van der Waals surface area contributed by atoms with Crippen molar-refractivity contribution in [2.45, 2.75) is 64.1 Å². The molecule has 3 rings (SSSR count). The van der Waals surface area contributed by atoms with Crippen molar-refractivity contribution in [1.29, 1.82) is 0 Å². The van der Waals surface area contributed by atoms with Crippen LogP contribution in [0.25, 0.3) is 0 Å². The first-order chi connectivity index (χ1) is 17.2. The van der Waals surface area contributed by atoms with Crippen LogP contribution in [-0.2, 0) is 22.0 Å². The average Bonchev–Trinajstić information content (AvgIpc) is 3.32. The van der Waals surface area contributed by atoms with Crippen molar-refractivity contribution in [2.75, 3.05) is 13.2 Å². The number of H-pyrrole nitrogens is 1. The quantitative estimate of drug-likeness (QED) is 0.391. The van der Waals surface area contributed by atoms with Gasteiger partial charge in [0.2, 0.25) is 5.91 Å². The topological polar surface area (TPSA) is 113 Å². The summed E-state index contributed by atoms with van der Waals surface area (Å²) < 4.78 is 42.2. The number of nitrogens with zero attached hydrogens (tertiary/aromatic N) is 3.